The molecule has 0 heterocycles. The van der Waals surface area contributed by atoms with Gasteiger partial charge < -0.3 is 0 Å². The van der Waals surface area contributed by atoms with Gasteiger partial charge in [-0.25, -0.2) is 22.4 Å². The Morgan fingerprint density at radius 3 is 1.44 bits per heavy atom. The third-order valence-corrected chi connectivity index (χ3v) is 3.79. The summed E-state index contributed by atoms with van der Waals surface area (Å²) in [6.45, 7) is -5.69. The van der Waals surface area contributed by atoms with E-state index in [-0.39, 0.29) is 12.8 Å². The molecule has 0 aliphatic rings. The predicted octanol–water partition coefficient (Wildman–Crippen LogP) is 5.34. The molecule has 0 saturated heterocycles. The summed E-state index contributed by atoms with van der Waals surface area (Å²) < 4.78 is 148. The molecule has 0 bridgehead atoms. The zero-order valence-electron chi connectivity index (χ0n) is 12.4. The molecule has 0 aromatic carbocycles. The minimum Gasteiger partial charge on any atom is -0.287 e. The molecule has 0 rings (SSSR count). The van der Waals surface area contributed by atoms with Gasteiger partial charge in [0.2, 0.25) is 0 Å². The summed E-state index contributed by atoms with van der Waals surface area (Å²) >= 11 is 0. The molecule has 0 radical (unpaired) electrons. The normalized spacial score (nSPS) is 14.8. The molecule has 0 aromatic heterocycles. The standard InChI is InChI=1S/C10H13F10O4P/c1-2-3-4-22-25(21,23-9(17,18)7(13,14)5-11)24-10(19,20)8(15,16)6-12/h2-6H2,1H3. The second kappa shape index (κ2) is 8.40. The molecule has 0 N–H and O–H groups in total. The molecule has 0 spiro atoms. The highest BCUT2D eigenvalue weighted by atomic mass is 31.2. The Kier molecular flexibility index (Phi) is 8.20. The smallest absolute Gasteiger partial charge is 0.287 e. The number of hydrogen-bond acceptors (Lipinski definition) is 4. The Bertz CT molecular complexity index is 439. The topological polar surface area (TPSA) is 44.8 Å². The lowest BCUT2D eigenvalue weighted by molar-refractivity contribution is -0.343. The largest absolute Gasteiger partial charge is 0.484 e. The molecular formula is C10H13F10O4P. The lowest BCUT2D eigenvalue weighted by Crippen LogP contribution is -2.47. The Labute approximate surface area is 135 Å². The summed E-state index contributed by atoms with van der Waals surface area (Å²) in [6.07, 6.45) is -12.1. The van der Waals surface area contributed by atoms with E-state index in [4.69, 9.17) is 0 Å². The number of rotatable bonds is 12. The van der Waals surface area contributed by atoms with Gasteiger partial charge in [-0.2, -0.15) is 35.1 Å². The molecule has 0 atom stereocenters. The van der Waals surface area contributed by atoms with Crippen molar-refractivity contribution < 1.29 is 62.0 Å². The molecule has 0 unspecified atom stereocenters. The molecule has 0 fully saturated rings. The highest BCUT2D eigenvalue weighted by molar-refractivity contribution is 7.48. The van der Waals surface area contributed by atoms with Crippen LogP contribution in [0.4, 0.5) is 43.9 Å². The van der Waals surface area contributed by atoms with E-state index in [1.165, 1.54) is 6.92 Å². The quantitative estimate of drug-likeness (QED) is 0.244. The van der Waals surface area contributed by atoms with Crippen LogP contribution in [0.25, 0.3) is 0 Å². The number of phosphoric ester groups is 1. The van der Waals surface area contributed by atoms with Gasteiger partial charge in [-0.15, -0.1) is 0 Å². The Morgan fingerprint density at radius 1 is 0.800 bits per heavy atom. The fourth-order valence-electron chi connectivity index (χ4n) is 0.962. The van der Waals surface area contributed by atoms with Crippen molar-refractivity contribution >= 4 is 7.82 Å². The lowest BCUT2D eigenvalue weighted by Gasteiger charge is -2.30. The molecule has 0 aliphatic carbocycles. The summed E-state index contributed by atoms with van der Waals surface area (Å²) in [6, 6.07) is 0. The van der Waals surface area contributed by atoms with Crippen molar-refractivity contribution in [2.75, 3.05) is 20.0 Å². The molecule has 0 aliphatic heterocycles. The third kappa shape index (κ3) is 6.26. The molecule has 0 aromatic rings. The van der Waals surface area contributed by atoms with Crippen molar-refractivity contribution in [1.82, 2.24) is 0 Å². The molecule has 15 heteroatoms. The first-order chi connectivity index (χ1) is 11.1. The molecule has 25 heavy (non-hydrogen) atoms. The van der Waals surface area contributed by atoms with E-state index in [2.05, 4.69) is 13.6 Å². The zero-order chi connectivity index (χ0) is 20.2. The van der Waals surface area contributed by atoms with E-state index in [1.54, 1.807) is 0 Å². The maximum absolute atomic E-state index is 13.1. The summed E-state index contributed by atoms with van der Waals surface area (Å²) in [5, 5.41) is 0. The molecule has 4 nitrogen and oxygen atoms in total. The number of hydrogen-bond donors (Lipinski definition) is 0. The average Bonchev–Trinajstić information content (AvgIpc) is 2.45. The Morgan fingerprint density at radius 2 is 1.16 bits per heavy atom. The fourth-order valence-corrected chi connectivity index (χ4v) is 2.29. The van der Waals surface area contributed by atoms with Gasteiger partial charge in [-0.3, -0.25) is 4.52 Å². The molecular weight excluding hydrogens is 405 g/mol. The zero-order valence-corrected chi connectivity index (χ0v) is 13.3. The van der Waals surface area contributed by atoms with Crippen molar-refractivity contribution in [2.24, 2.45) is 0 Å². The van der Waals surface area contributed by atoms with Gasteiger partial charge in [0.15, 0.2) is 13.3 Å². The van der Waals surface area contributed by atoms with E-state index < -0.39 is 51.8 Å². The molecule has 0 saturated carbocycles. The monoisotopic (exact) mass is 418 g/mol. The second-order valence-corrected chi connectivity index (χ2v) is 6.04. The summed E-state index contributed by atoms with van der Waals surface area (Å²) in [5.41, 5.74) is 0. The Hall–Kier alpha value is -0.590. The SMILES string of the molecule is CCCCOP(=O)(OC(F)(F)C(F)(F)CF)OC(F)(F)C(F)(F)CF. The van der Waals surface area contributed by atoms with Gasteiger partial charge in [-0.05, 0) is 6.42 Å². The summed E-state index contributed by atoms with van der Waals surface area (Å²) in [7, 11) is -6.50. The van der Waals surface area contributed by atoms with Crippen LogP contribution in [0.2, 0.25) is 0 Å². The predicted molar refractivity (Wildman–Crippen MR) is 62.4 cm³/mol. The fraction of sp³-hybridized carbons (Fsp3) is 1.00. The highest BCUT2D eigenvalue weighted by Crippen LogP contribution is 2.61. The first kappa shape index (κ1) is 24.4. The van der Waals surface area contributed by atoms with Crippen LogP contribution >= 0.6 is 7.82 Å². The van der Waals surface area contributed by atoms with Crippen LogP contribution in [0, 0.1) is 0 Å². The first-order valence-corrected chi connectivity index (χ1v) is 7.85. The van der Waals surface area contributed by atoms with Crippen molar-refractivity contribution in [3.63, 3.8) is 0 Å². The van der Waals surface area contributed by atoms with Gasteiger partial charge in [0.25, 0.3) is 0 Å². The highest BCUT2D eigenvalue weighted by Gasteiger charge is 2.67. The van der Waals surface area contributed by atoms with Crippen LogP contribution in [0.3, 0.4) is 0 Å². The van der Waals surface area contributed by atoms with Crippen molar-refractivity contribution in [1.29, 1.82) is 0 Å². The first-order valence-electron chi connectivity index (χ1n) is 6.39. The van der Waals surface area contributed by atoms with Crippen LogP contribution < -0.4 is 0 Å². The average molecular weight is 418 g/mol. The van der Waals surface area contributed by atoms with Crippen LogP contribution in [-0.4, -0.2) is 44.0 Å². The lowest BCUT2D eigenvalue weighted by atomic mass is 10.3. The number of alkyl halides is 10. The van der Waals surface area contributed by atoms with E-state index in [9.17, 15) is 48.5 Å². The van der Waals surface area contributed by atoms with Crippen molar-refractivity contribution in [3.8, 4) is 0 Å². The van der Waals surface area contributed by atoms with Crippen molar-refractivity contribution in [2.45, 2.75) is 43.8 Å². The van der Waals surface area contributed by atoms with E-state index in [0.717, 1.165) is 0 Å². The number of halogens is 10. The van der Waals surface area contributed by atoms with Crippen LogP contribution in [-0.2, 0) is 18.1 Å². The molecule has 0 amide bonds. The summed E-state index contributed by atoms with van der Waals surface area (Å²) in [5.74, 6) is -11.3. The maximum Gasteiger partial charge on any atom is 0.484 e. The van der Waals surface area contributed by atoms with E-state index >= 15 is 0 Å². The number of phosphoric acid groups is 1. The van der Waals surface area contributed by atoms with Gasteiger partial charge in [0.05, 0.1) is 6.61 Å². The van der Waals surface area contributed by atoms with Gasteiger partial charge in [-0.1, -0.05) is 13.3 Å². The van der Waals surface area contributed by atoms with Gasteiger partial charge in [0.1, 0.15) is 0 Å². The second-order valence-electron chi connectivity index (χ2n) is 4.53. The molecule has 152 valence electrons. The van der Waals surface area contributed by atoms with Gasteiger partial charge in [0, 0.05) is 0 Å². The van der Waals surface area contributed by atoms with E-state index in [0.29, 0.717) is 0 Å². The van der Waals surface area contributed by atoms with Gasteiger partial charge >= 0.3 is 31.9 Å². The van der Waals surface area contributed by atoms with Crippen LogP contribution in [0.5, 0.6) is 0 Å². The minimum absolute atomic E-state index is 0.175. The summed E-state index contributed by atoms with van der Waals surface area (Å²) in [4.78, 5) is 0. The number of unbranched alkanes of at least 4 members (excludes halogenated alkanes) is 1. The minimum atomic E-state index is -6.50. The van der Waals surface area contributed by atoms with Crippen LogP contribution in [0.15, 0.2) is 0 Å². The third-order valence-electron chi connectivity index (χ3n) is 2.39. The van der Waals surface area contributed by atoms with E-state index in [1.807, 2.05) is 0 Å². The van der Waals surface area contributed by atoms with Crippen LogP contribution in [0.1, 0.15) is 19.8 Å². The van der Waals surface area contributed by atoms with Crippen molar-refractivity contribution in [3.05, 3.63) is 0 Å². The maximum atomic E-state index is 13.1. The Balaban J connectivity index is 5.64.